The minimum Gasteiger partial charge on any atom is -0.354 e. The van der Waals surface area contributed by atoms with Gasteiger partial charge in [0.15, 0.2) is 11.8 Å². The van der Waals surface area contributed by atoms with Crippen LogP contribution in [0.1, 0.15) is 67.5 Å². The third-order valence-electron chi connectivity index (χ3n) is 6.42. The molecule has 1 unspecified atom stereocenters. The van der Waals surface area contributed by atoms with Crippen molar-refractivity contribution in [3.63, 3.8) is 0 Å². The van der Waals surface area contributed by atoms with Gasteiger partial charge in [0.1, 0.15) is 12.4 Å². The van der Waals surface area contributed by atoms with Crippen molar-refractivity contribution < 1.29 is 0 Å². The quantitative estimate of drug-likeness (QED) is 0.521. The van der Waals surface area contributed by atoms with E-state index in [-0.39, 0.29) is 0 Å². The molecule has 30 heavy (non-hydrogen) atoms. The van der Waals surface area contributed by atoms with Gasteiger partial charge < -0.3 is 15.2 Å². The average molecular weight is 430 g/mol. The van der Waals surface area contributed by atoms with Gasteiger partial charge in [-0.1, -0.05) is 25.3 Å². The Morgan fingerprint density at radius 1 is 1.20 bits per heavy atom. The standard InChI is InChI=1S/C22H35N7S/c1-17-26-27-21(28(17)2)16-24-22(25-18-9-4-3-5-10-18)23-15-19(20-11-8-14-30-20)29-12-6-7-13-29/h8,11,14,18-19H,3-7,9-10,12-13,15-16H2,1-2H3,(H2,23,24,25). The van der Waals surface area contributed by atoms with E-state index in [0.29, 0.717) is 18.6 Å². The Hall–Kier alpha value is -1.93. The van der Waals surface area contributed by atoms with E-state index in [9.17, 15) is 0 Å². The van der Waals surface area contributed by atoms with Crippen LogP contribution in [0.25, 0.3) is 0 Å². The van der Waals surface area contributed by atoms with Crippen LogP contribution in [-0.4, -0.2) is 51.3 Å². The predicted octanol–water partition coefficient (Wildman–Crippen LogP) is 3.39. The number of likely N-dealkylation sites (tertiary alicyclic amines) is 1. The van der Waals surface area contributed by atoms with Crippen LogP contribution in [-0.2, 0) is 13.6 Å². The maximum absolute atomic E-state index is 4.90. The summed E-state index contributed by atoms with van der Waals surface area (Å²) in [5.41, 5.74) is 0. The van der Waals surface area contributed by atoms with Crippen molar-refractivity contribution in [3.05, 3.63) is 34.0 Å². The van der Waals surface area contributed by atoms with Gasteiger partial charge in [-0.15, -0.1) is 21.5 Å². The van der Waals surface area contributed by atoms with E-state index >= 15 is 0 Å². The first kappa shape index (κ1) is 21.3. The fourth-order valence-corrected chi connectivity index (χ4v) is 5.33. The summed E-state index contributed by atoms with van der Waals surface area (Å²) >= 11 is 1.86. The molecule has 1 saturated carbocycles. The molecule has 0 aromatic carbocycles. The maximum atomic E-state index is 4.90. The van der Waals surface area contributed by atoms with Gasteiger partial charge in [-0.05, 0) is 57.1 Å². The minimum absolute atomic E-state index is 0.405. The fraction of sp³-hybridized carbons (Fsp3) is 0.682. The van der Waals surface area contributed by atoms with Gasteiger partial charge in [0.25, 0.3) is 0 Å². The van der Waals surface area contributed by atoms with Crippen LogP contribution in [0.3, 0.4) is 0 Å². The highest BCUT2D eigenvalue weighted by molar-refractivity contribution is 7.10. The summed E-state index contributed by atoms with van der Waals surface area (Å²) in [6.45, 7) is 5.75. The Morgan fingerprint density at radius 2 is 2.00 bits per heavy atom. The average Bonchev–Trinajstić information content (AvgIpc) is 3.53. The molecule has 3 heterocycles. The number of rotatable bonds is 7. The third-order valence-corrected chi connectivity index (χ3v) is 7.40. The molecule has 1 aliphatic heterocycles. The van der Waals surface area contributed by atoms with E-state index in [1.807, 2.05) is 29.9 Å². The number of guanidine groups is 1. The molecule has 0 amide bonds. The van der Waals surface area contributed by atoms with Crippen LogP contribution in [0.5, 0.6) is 0 Å². The number of aryl methyl sites for hydroxylation is 1. The summed E-state index contributed by atoms with van der Waals surface area (Å²) in [4.78, 5) is 8.95. The molecule has 2 fully saturated rings. The van der Waals surface area contributed by atoms with Gasteiger partial charge in [0, 0.05) is 24.5 Å². The molecule has 4 rings (SSSR count). The van der Waals surface area contributed by atoms with Crippen molar-refractivity contribution >= 4 is 17.3 Å². The number of aromatic nitrogens is 3. The number of nitrogens with zero attached hydrogens (tertiary/aromatic N) is 5. The highest BCUT2D eigenvalue weighted by Gasteiger charge is 2.25. The monoisotopic (exact) mass is 429 g/mol. The highest BCUT2D eigenvalue weighted by atomic mass is 32.1. The first-order valence-electron chi connectivity index (χ1n) is 11.4. The van der Waals surface area contributed by atoms with Crippen LogP contribution in [0, 0.1) is 6.92 Å². The van der Waals surface area contributed by atoms with Crippen LogP contribution < -0.4 is 10.6 Å². The molecule has 7 nitrogen and oxygen atoms in total. The summed E-state index contributed by atoms with van der Waals surface area (Å²) in [6, 6.07) is 5.35. The van der Waals surface area contributed by atoms with Crippen molar-refractivity contribution in [1.29, 1.82) is 0 Å². The number of hydrogen-bond donors (Lipinski definition) is 2. The molecule has 2 N–H and O–H groups in total. The molecule has 2 aliphatic rings. The summed E-state index contributed by atoms with van der Waals surface area (Å²) in [5, 5.41) is 18.0. The van der Waals surface area contributed by atoms with Crippen LogP contribution in [0.15, 0.2) is 22.5 Å². The second-order valence-electron chi connectivity index (χ2n) is 8.52. The number of nitrogens with one attached hydrogen (secondary N) is 2. The number of aliphatic imine (C=N–C) groups is 1. The summed E-state index contributed by atoms with van der Waals surface area (Å²) in [7, 11) is 2.00. The molecule has 164 valence electrons. The first-order chi connectivity index (χ1) is 14.7. The van der Waals surface area contributed by atoms with Crippen LogP contribution in [0.2, 0.25) is 0 Å². The predicted molar refractivity (Wildman–Crippen MR) is 123 cm³/mol. The summed E-state index contributed by atoms with van der Waals surface area (Å²) < 4.78 is 2.01. The number of hydrogen-bond acceptors (Lipinski definition) is 5. The SMILES string of the molecule is Cc1nnc(CN=C(NCC(c2cccs2)N2CCCC2)NC2CCCCC2)n1C. The van der Waals surface area contributed by atoms with Crippen molar-refractivity contribution in [2.75, 3.05) is 19.6 Å². The topological polar surface area (TPSA) is 70.4 Å². The smallest absolute Gasteiger partial charge is 0.191 e. The third kappa shape index (κ3) is 5.40. The van der Waals surface area contributed by atoms with Crippen molar-refractivity contribution in [1.82, 2.24) is 30.3 Å². The van der Waals surface area contributed by atoms with Crippen molar-refractivity contribution in [2.45, 2.75) is 70.5 Å². The zero-order chi connectivity index (χ0) is 20.8. The lowest BCUT2D eigenvalue weighted by molar-refractivity contribution is 0.248. The lowest BCUT2D eigenvalue weighted by atomic mass is 9.96. The lowest BCUT2D eigenvalue weighted by Gasteiger charge is -2.29. The molecule has 2 aromatic heterocycles. The van der Waals surface area contributed by atoms with Crippen LogP contribution in [0.4, 0.5) is 0 Å². The highest BCUT2D eigenvalue weighted by Crippen LogP contribution is 2.27. The van der Waals surface area contributed by atoms with Gasteiger partial charge >= 0.3 is 0 Å². The largest absolute Gasteiger partial charge is 0.354 e. The van der Waals surface area contributed by atoms with Gasteiger partial charge in [-0.25, -0.2) is 4.99 Å². The number of thiophene rings is 1. The van der Waals surface area contributed by atoms with E-state index in [4.69, 9.17) is 4.99 Å². The summed E-state index contributed by atoms with van der Waals surface area (Å²) in [6.07, 6.45) is 9.02. The maximum Gasteiger partial charge on any atom is 0.191 e. The zero-order valence-electron chi connectivity index (χ0n) is 18.3. The molecule has 1 aliphatic carbocycles. The Morgan fingerprint density at radius 3 is 2.67 bits per heavy atom. The first-order valence-corrected chi connectivity index (χ1v) is 12.3. The normalized spacial score (nSPS) is 19.9. The Bertz CT molecular complexity index is 802. The van der Waals surface area contributed by atoms with E-state index in [1.165, 1.54) is 62.9 Å². The molecule has 0 radical (unpaired) electrons. The Labute approximate surface area is 184 Å². The molecule has 0 bridgehead atoms. The fourth-order valence-electron chi connectivity index (χ4n) is 4.47. The molecule has 2 aromatic rings. The Kier molecular flexibility index (Phi) is 7.38. The second-order valence-corrected chi connectivity index (χ2v) is 9.50. The molecular weight excluding hydrogens is 394 g/mol. The Balaban J connectivity index is 1.46. The van der Waals surface area contributed by atoms with Gasteiger partial charge in [0.05, 0.1) is 6.04 Å². The van der Waals surface area contributed by atoms with Crippen molar-refractivity contribution in [3.8, 4) is 0 Å². The van der Waals surface area contributed by atoms with E-state index < -0.39 is 0 Å². The van der Waals surface area contributed by atoms with Gasteiger partial charge in [0.2, 0.25) is 0 Å². The molecule has 0 spiro atoms. The minimum atomic E-state index is 0.405. The molecule has 8 heteroatoms. The van der Waals surface area contributed by atoms with E-state index in [2.05, 4.69) is 43.2 Å². The zero-order valence-corrected chi connectivity index (χ0v) is 19.1. The van der Waals surface area contributed by atoms with Gasteiger partial charge in [-0.2, -0.15) is 0 Å². The van der Waals surface area contributed by atoms with Gasteiger partial charge in [-0.3, -0.25) is 4.90 Å². The molecule has 1 atom stereocenters. The van der Waals surface area contributed by atoms with E-state index in [1.54, 1.807) is 0 Å². The molecule has 1 saturated heterocycles. The molecular formula is C22H35N7S. The lowest BCUT2D eigenvalue weighted by Crippen LogP contribution is -2.47. The summed E-state index contributed by atoms with van der Waals surface area (Å²) in [5.74, 6) is 2.72. The van der Waals surface area contributed by atoms with E-state index in [0.717, 1.165) is 24.2 Å². The van der Waals surface area contributed by atoms with Crippen molar-refractivity contribution in [2.24, 2.45) is 12.0 Å². The second kappa shape index (κ2) is 10.4. The van der Waals surface area contributed by atoms with Crippen LogP contribution >= 0.6 is 11.3 Å².